The van der Waals surface area contributed by atoms with Crippen molar-refractivity contribution in [1.29, 1.82) is 10.7 Å². The second-order valence-electron chi connectivity index (χ2n) is 6.51. The zero-order valence-electron chi connectivity index (χ0n) is 15.8. The molecule has 1 aromatic heterocycles. The van der Waals surface area contributed by atoms with E-state index in [1.54, 1.807) is 36.4 Å². The fourth-order valence-corrected chi connectivity index (χ4v) is 2.99. The van der Waals surface area contributed by atoms with Gasteiger partial charge in [0.1, 0.15) is 6.07 Å². The van der Waals surface area contributed by atoms with Crippen LogP contribution in [0, 0.1) is 30.6 Å². The second kappa shape index (κ2) is 7.78. The van der Waals surface area contributed by atoms with Gasteiger partial charge < -0.3 is 10.8 Å². The molecule has 8 nitrogen and oxygen atoms in total. The monoisotopic (exact) mass is 386 g/mol. The van der Waals surface area contributed by atoms with Crippen molar-refractivity contribution < 1.29 is 9.90 Å². The highest BCUT2D eigenvalue weighted by Gasteiger charge is 2.15. The first-order chi connectivity index (χ1) is 13.8. The minimum atomic E-state index is -1.01. The zero-order valence-corrected chi connectivity index (χ0v) is 15.8. The summed E-state index contributed by atoms with van der Waals surface area (Å²) in [5.74, 6) is -1.44. The summed E-state index contributed by atoms with van der Waals surface area (Å²) in [5, 5.41) is 30.2. The quantitative estimate of drug-likeness (QED) is 0.300. The van der Waals surface area contributed by atoms with Crippen molar-refractivity contribution in [2.45, 2.75) is 13.8 Å². The van der Waals surface area contributed by atoms with E-state index < -0.39 is 11.8 Å². The van der Waals surface area contributed by atoms with Crippen molar-refractivity contribution >= 4 is 34.1 Å². The number of anilines is 1. The van der Waals surface area contributed by atoms with Crippen molar-refractivity contribution in [1.82, 2.24) is 4.98 Å². The summed E-state index contributed by atoms with van der Waals surface area (Å²) in [6, 6.07) is 14.0. The van der Waals surface area contributed by atoms with E-state index in [0.29, 0.717) is 22.3 Å². The Kier molecular flexibility index (Phi) is 5.23. The van der Waals surface area contributed by atoms with Gasteiger partial charge in [-0.15, -0.1) is 0 Å². The number of fused-ring (bicyclic) bond motifs is 1. The van der Waals surface area contributed by atoms with Crippen LogP contribution in [0.3, 0.4) is 0 Å². The Labute approximate surface area is 166 Å². The van der Waals surface area contributed by atoms with Crippen LogP contribution >= 0.6 is 0 Å². The Hall–Kier alpha value is -4.25. The average molecular weight is 386 g/mol. The number of nitrogens with one attached hydrogen (secondary N) is 2. The van der Waals surface area contributed by atoms with E-state index in [4.69, 9.17) is 16.4 Å². The summed E-state index contributed by atoms with van der Waals surface area (Å²) in [6.45, 7) is 3.83. The van der Waals surface area contributed by atoms with Crippen molar-refractivity contribution in [3.63, 3.8) is 0 Å². The number of aromatic nitrogens is 1. The van der Waals surface area contributed by atoms with E-state index in [-0.39, 0.29) is 11.3 Å². The molecule has 0 spiro atoms. The molecule has 0 saturated carbocycles. The summed E-state index contributed by atoms with van der Waals surface area (Å²) >= 11 is 0. The van der Waals surface area contributed by atoms with Gasteiger partial charge in [-0.25, -0.2) is 9.78 Å². The van der Waals surface area contributed by atoms with Gasteiger partial charge in [0.25, 0.3) is 0 Å². The van der Waals surface area contributed by atoms with Crippen LogP contribution in [0.4, 0.5) is 5.69 Å². The number of amidine groups is 1. The second-order valence-corrected chi connectivity index (χ2v) is 6.51. The van der Waals surface area contributed by atoms with Gasteiger partial charge >= 0.3 is 5.97 Å². The number of carbonyl (C=O) groups is 1. The Morgan fingerprint density at radius 1 is 1.24 bits per heavy atom. The molecule has 0 aliphatic rings. The fraction of sp³-hybridized carbons (Fsp3) is 0.0952. The number of hydrogen-bond donors (Lipinski definition) is 4. The molecule has 0 fully saturated rings. The molecule has 1 heterocycles. The normalized spacial score (nSPS) is 11.1. The first-order valence-electron chi connectivity index (χ1n) is 8.64. The number of nitrogens with two attached hydrogens (primary N) is 1. The molecule has 3 aromatic rings. The molecule has 8 heteroatoms. The van der Waals surface area contributed by atoms with Gasteiger partial charge in [0.05, 0.1) is 22.5 Å². The summed E-state index contributed by atoms with van der Waals surface area (Å²) < 4.78 is 0. The summed E-state index contributed by atoms with van der Waals surface area (Å²) in [6.07, 6.45) is 0. The lowest BCUT2D eigenvalue weighted by atomic mass is 10.00. The Bertz CT molecular complexity index is 1210. The molecule has 29 heavy (non-hydrogen) atoms. The molecule has 0 aliphatic carbocycles. The molecule has 0 amide bonds. The van der Waals surface area contributed by atoms with E-state index >= 15 is 0 Å². The molecule has 5 N–H and O–H groups in total. The van der Waals surface area contributed by atoms with Crippen molar-refractivity contribution in [2.24, 2.45) is 10.8 Å². The largest absolute Gasteiger partial charge is 0.478 e. The van der Waals surface area contributed by atoms with Crippen LogP contribution in [0.1, 0.15) is 21.5 Å². The van der Waals surface area contributed by atoms with Gasteiger partial charge in [-0.2, -0.15) is 10.4 Å². The lowest BCUT2D eigenvalue weighted by Gasteiger charge is -2.11. The van der Waals surface area contributed by atoms with Gasteiger partial charge in [-0.3, -0.25) is 10.8 Å². The average Bonchev–Trinajstić information content (AvgIpc) is 2.68. The number of carboxylic acid groups (broad SMARTS) is 1. The number of hydrazone groups is 1. The molecule has 3 rings (SSSR count). The number of nitriles is 1. The first kappa shape index (κ1) is 19.5. The minimum absolute atomic E-state index is 0.198. The third-order valence-electron chi connectivity index (χ3n) is 4.32. The smallest absolute Gasteiger partial charge is 0.336 e. The number of hydrogen-bond acceptors (Lipinski definition) is 6. The summed E-state index contributed by atoms with van der Waals surface area (Å²) in [7, 11) is 0. The molecule has 0 bridgehead atoms. The highest BCUT2D eigenvalue weighted by Crippen LogP contribution is 2.28. The Morgan fingerprint density at radius 3 is 2.52 bits per heavy atom. The standard InChI is InChI=1S/C21H18N6O2/c1-11-7-12(2)19-15(8-11)16(21(28)29)9-17(25-19)13-3-5-14(6-4-13)26-27-18(10-22)20(23)24/h3-9,26H,1-2H3,(H3,23,24)(H,28,29)/b27-18+. The Morgan fingerprint density at radius 2 is 1.93 bits per heavy atom. The predicted octanol–water partition coefficient (Wildman–Crippen LogP) is 3.44. The first-order valence-corrected chi connectivity index (χ1v) is 8.64. The van der Waals surface area contributed by atoms with E-state index in [2.05, 4.69) is 15.5 Å². The molecular formula is C21H18N6O2. The van der Waals surface area contributed by atoms with Crippen LogP contribution < -0.4 is 11.2 Å². The number of nitrogens with zero attached hydrogens (tertiary/aromatic N) is 3. The SMILES string of the molecule is Cc1cc(C)c2nc(-c3ccc(N/N=C(\C#N)C(=N)N)cc3)cc(C(=O)O)c2c1. The van der Waals surface area contributed by atoms with Gasteiger partial charge in [-0.1, -0.05) is 23.8 Å². The van der Waals surface area contributed by atoms with Gasteiger partial charge in [0.15, 0.2) is 5.84 Å². The Balaban J connectivity index is 2.02. The van der Waals surface area contributed by atoms with E-state index in [9.17, 15) is 9.90 Å². The number of aromatic carboxylic acids is 1. The number of rotatable bonds is 5. The van der Waals surface area contributed by atoms with Crippen LogP contribution in [0.5, 0.6) is 0 Å². The van der Waals surface area contributed by atoms with Crippen LogP contribution in [-0.4, -0.2) is 27.6 Å². The zero-order chi connectivity index (χ0) is 21.1. The summed E-state index contributed by atoms with van der Waals surface area (Å²) in [4.78, 5) is 16.5. The maximum atomic E-state index is 11.8. The maximum Gasteiger partial charge on any atom is 0.336 e. The molecule has 0 saturated heterocycles. The van der Waals surface area contributed by atoms with Gasteiger partial charge in [-0.05, 0) is 43.7 Å². The molecule has 0 aliphatic heterocycles. The van der Waals surface area contributed by atoms with Crippen LogP contribution in [-0.2, 0) is 0 Å². The molecule has 0 radical (unpaired) electrons. The third-order valence-corrected chi connectivity index (χ3v) is 4.32. The lowest BCUT2D eigenvalue weighted by Crippen LogP contribution is -2.21. The number of carboxylic acids is 1. The van der Waals surface area contributed by atoms with E-state index in [0.717, 1.165) is 16.7 Å². The van der Waals surface area contributed by atoms with Crippen LogP contribution in [0.2, 0.25) is 0 Å². The molecule has 2 aromatic carbocycles. The summed E-state index contributed by atoms with van der Waals surface area (Å²) in [5.41, 5.74) is 12.3. The number of benzene rings is 2. The highest BCUT2D eigenvalue weighted by molar-refractivity contribution is 6.45. The van der Waals surface area contributed by atoms with Crippen molar-refractivity contribution in [2.75, 3.05) is 5.43 Å². The van der Waals surface area contributed by atoms with Crippen LogP contribution in [0.15, 0.2) is 47.6 Å². The minimum Gasteiger partial charge on any atom is -0.478 e. The fourth-order valence-electron chi connectivity index (χ4n) is 2.99. The molecule has 0 atom stereocenters. The maximum absolute atomic E-state index is 11.8. The van der Waals surface area contributed by atoms with Crippen molar-refractivity contribution in [3.05, 3.63) is 59.2 Å². The topological polar surface area (TPSA) is 148 Å². The lowest BCUT2D eigenvalue weighted by molar-refractivity contribution is 0.0699. The predicted molar refractivity (Wildman–Crippen MR) is 112 cm³/mol. The van der Waals surface area contributed by atoms with E-state index in [1.807, 2.05) is 26.0 Å². The molecule has 144 valence electrons. The number of pyridine rings is 1. The highest BCUT2D eigenvalue weighted by atomic mass is 16.4. The van der Waals surface area contributed by atoms with Crippen molar-refractivity contribution in [3.8, 4) is 17.3 Å². The van der Waals surface area contributed by atoms with E-state index in [1.165, 1.54) is 0 Å². The van der Waals surface area contributed by atoms with Gasteiger partial charge in [0, 0.05) is 10.9 Å². The molecule has 0 unspecified atom stereocenters. The third kappa shape index (κ3) is 4.04. The molecular weight excluding hydrogens is 368 g/mol. The van der Waals surface area contributed by atoms with Crippen LogP contribution in [0.25, 0.3) is 22.2 Å². The van der Waals surface area contributed by atoms with Gasteiger partial charge in [0.2, 0.25) is 5.71 Å². The number of aryl methyl sites for hydroxylation is 2.